The molecule has 0 radical (unpaired) electrons. The first-order valence-electron chi connectivity index (χ1n) is 12.6. The number of hydrogen-bond donors (Lipinski definition) is 2. The van der Waals surface area contributed by atoms with E-state index in [-0.39, 0.29) is 42.6 Å². The third kappa shape index (κ3) is 12.2. The number of alkyl carbamates (subject to hydrolysis) is 1. The van der Waals surface area contributed by atoms with Crippen LogP contribution in [0.3, 0.4) is 0 Å². The van der Waals surface area contributed by atoms with Gasteiger partial charge in [0.25, 0.3) is 0 Å². The maximum atomic E-state index is 13.0. The molecule has 1 aromatic rings. The number of amides is 1. The predicted molar refractivity (Wildman–Crippen MR) is 157 cm³/mol. The fourth-order valence-electron chi connectivity index (χ4n) is 2.99. The molecule has 0 bridgehead atoms. The lowest BCUT2D eigenvalue weighted by Crippen LogP contribution is -2.28. The highest BCUT2D eigenvalue weighted by Crippen LogP contribution is 2.32. The summed E-state index contributed by atoms with van der Waals surface area (Å²) in [5, 5.41) is 21.2. The number of aromatic hydroxyl groups is 1. The zero-order chi connectivity index (χ0) is 29.9. The van der Waals surface area contributed by atoms with Crippen LogP contribution in [0.5, 0.6) is 5.75 Å². The minimum Gasteiger partial charge on any atom is -0.506 e. The monoisotopic (exact) mass is 547 g/mol. The summed E-state index contributed by atoms with van der Waals surface area (Å²) in [5.41, 5.74) is 2.45. The number of ketones is 1. The molecule has 0 aliphatic rings. The van der Waals surface area contributed by atoms with Crippen LogP contribution in [-0.2, 0) is 14.3 Å². The van der Waals surface area contributed by atoms with Crippen molar-refractivity contribution in [2.24, 2.45) is 10.2 Å². The fraction of sp³-hybridized carbons (Fsp3) is 0.258. The van der Waals surface area contributed by atoms with Crippen molar-refractivity contribution in [2.45, 2.75) is 34.1 Å². The Morgan fingerprint density at radius 2 is 1.85 bits per heavy atom. The van der Waals surface area contributed by atoms with Crippen LogP contribution in [0.25, 0.3) is 0 Å². The number of ether oxygens (including phenoxy) is 2. The number of hydrogen-bond acceptors (Lipinski definition) is 8. The van der Waals surface area contributed by atoms with Gasteiger partial charge in [-0.1, -0.05) is 55.7 Å². The van der Waals surface area contributed by atoms with E-state index in [9.17, 15) is 19.5 Å². The molecule has 0 heterocycles. The molecule has 0 atom stereocenters. The molecule has 1 rings (SSSR count). The Bertz CT molecular complexity index is 1270. The second-order valence-corrected chi connectivity index (χ2v) is 8.31. The quantitative estimate of drug-likeness (QED) is 0.0614. The molecule has 0 saturated heterocycles. The normalized spacial score (nSPS) is 12.4. The summed E-state index contributed by atoms with van der Waals surface area (Å²) < 4.78 is 9.92. The van der Waals surface area contributed by atoms with Gasteiger partial charge in [0, 0.05) is 16.7 Å². The van der Waals surface area contributed by atoms with Gasteiger partial charge in [-0.15, -0.1) is 5.11 Å². The Hall–Kier alpha value is -4.79. The SMILES string of the molecule is C=CC=CC(=CC)C(=O)c1cc(N=NC(C=CC)=CC=CCCOC(=O)NCCOC(=O)C(=C)C)c(O)cc1C. The number of benzene rings is 1. The Morgan fingerprint density at radius 3 is 2.50 bits per heavy atom. The average molecular weight is 548 g/mol. The Labute approximate surface area is 235 Å². The zero-order valence-electron chi connectivity index (χ0n) is 23.5. The van der Waals surface area contributed by atoms with Crippen LogP contribution >= 0.6 is 0 Å². The van der Waals surface area contributed by atoms with Crippen molar-refractivity contribution in [1.82, 2.24) is 5.32 Å². The summed E-state index contributed by atoms with van der Waals surface area (Å²) in [6, 6.07) is 2.99. The number of nitrogens with one attached hydrogen (secondary N) is 1. The summed E-state index contributed by atoms with van der Waals surface area (Å²) in [4.78, 5) is 35.9. The van der Waals surface area contributed by atoms with Gasteiger partial charge in [-0.05, 0) is 64.0 Å². The van der Waals surface area contributed by atoms with Gasteiger partial charge in [-0.25, -0.2) is 9.59 Å². The van der Waals surface area contributed by atoms with Crippen molar-refractivity contribution in [2.75, 3.05) is 19.8 Å². The largest absolute Gasteiger partial charge is 0.506 e. The van der Waals surface area contributed by atoms with Crippen molar-refractivity contribution in [3.63, 3.8) is 0 Å². The highest BCUT2D eigenvalue weighted by atomic mass is 16.6. The second kappa shape index (κ2) is 18.5. The number of phenolic OH excluding ortho intramolecular Hbond substituents is 1. The number of Topliss-reactive ketones (excluding diaryl/α,β-unsaturated/α-hetero) is 1. The number of carbonyl (C=O) groups excluding carboxylic acids is 3. The van der Waals surface area contributed by atoms with E-state index in [1.54, 1.807) is 68.5 Å². The van der Waals surface area contributed by atoms with Crippen LogP contribution in [-0.4, -0.2) is 42.7 Å². The number of allylic oxidation sites excluding steroid dienone is 9. The van der Waals surface area contributed by atoms with Gasteiger partial charge in [-0.2, -0.15) is 5.11 Å². The van der Waals surface area contributed by atoms with Crippen LogP contribution in [0.4, 0.5) is 10.5 Å². The first-order valence-corrected chi connectivity index (χ1v) is 12.6. The smallest absolute Gasteiger partial charge is 0.407 e. The Balaban J connectivity index is 2.78. The summed E-state index contributed by atoms with van der Waals surface area (Å²) >= 11 is 0. The molecule has 0 aliphatic carbocycles. The van der Waals surface area contributed by atoms with Gasteiger partial charge >= 0.3 is 12.1 Å². The van der Waals surface area contributed by atoms with E-state index >= 15 is 0 Å². The molecule has 9 nitrogen and oxygen atoms in total. The molecule has 212 valence electrons. The first kappa shape index (κ1) is 33.2. The standard InChI is InChI=1S/C31H37N3O6/c1-7-10-15-24(9-3)29(36)26-21-27(28(35)20-23(26)6)34-33-25(14-8-2)16-12-11-13-18-40-31(38)32-17-19-39-30(37)22(4)5/h7-12,14-16,20-21,35H,1,4,13,17-19H2,2-3,5-6H3,(H,32,38). The molecule has 0 saturated carbocycles. The number of aryl methyl sites for hydroxylation is 1. The van der Waals surface area contributed by atoms with Gasteiger partial charge in [0.05, 0.1) is 18.8 Å². The molecule has 0 aliphatic heterocycles. The highest BCUT2D eigenvalue weighted by Gasteiger charge is 2.15. The van der Waals surface area contributed by atoms with Crippen molar-refractivity contribution >= 4 is 23.5 Å². The van der Waals surface area contributed by atoms with E-state index in [1.165, 1.54) is 19.1 Å². The van der Waals surface area contributed by atoms with Crippen molar-refractivity contribution in [3.05, 3.63) is 108 Å². The maximum Gasteiger partial charge on any atom is 0.407 e. The highest BCUT2D eigenvalue weighted by molar-refractivity contribution is 6.12. The number of carbonyl (C=O) groups is 3. The number of rotatable bonds is 15. The molecular weight excluding hydrogens is 510 g/mol. The second-order valence-electron chi connectivity index (χ2n) is 8.31. The summed E-state index contributed by atoms with van der Waals surface area (Å²) in [7, 11) is 0. The molecular formula is C31H37N3O6. The maximum absolute atomic E-state index is 13.0. The zero-order valence-corrected chi connectivity index (χ0v) is 23.5. The van der Waals surface area contributed by atoms with E-state index in [2.05, 4.69) is 28.7 Å². The van der Waals surface area contributed by atoms with E-state index in [4.69, 9.17) is 9.47 Å². The molecule has 0 aromatic heterocycles. The lowest BCUT2D eigenvalue weighted by molar-refractivity contribution is -0.138. The van der Waals surface area contributed by atoms with Gasteiger partial charge in [0.1, 0.15) is 18.0 Å². The molecule has 9 heteroatoms. The number of azo groups is 1. The third-order valence-electron chi connectivity index (χ3n) is 5.04. The topological polar surface area (TPSA) is 127 Å². The Morgan fingerprint density at radius 1 is 1.10 bits per heavy atom. The van der Waals surface area contributed by atoms with Crippen molar-refractivity contribution in [1.29, 1.82) is 0 Å². The number of phenols is 1. The van der Waals surface area contributed by atoms with E-state index in [0.717, 1.165) is 0 Å². The van der Waals surface area contributed by atoms with Gasteiger partial charge in [0.15, 0.2) is 5.78 Å². The van der Waals surface area contributed by atoms with E-state index in [0.29, 0.717) is 28.8 Å². The summed E-state index contributed by atoms with van der Waals surface area (Å²) in [5.74, 6) is -0.818. The summed E-state index contributed by atoms with van der Waals surface area (Å²) in [6.45, 7) is 14.3. The van der Waals surface area contributed by atoms with Crippen LogP contribution in [0.1, 0.15) is 43.1 Å². The number of nitrogens with zero attached hydrogens (tertiary/aromatic N) is 2. The molecule has 1 aromatic carbocycles. The van der Waals surface area contributed by atoms with Gasteiger partial charge in [-0.3, -0.25) is 4.79 Å². The fourth-order valence-corrected chi connectivity index (χ4v) is 2.99. The van der Waals surface area contributed by atoms with Crippen LogP contribution < -0.4 is 5.32 Å². The lowest BCUT2D eigenvalue weighted by Gasteiger charge is -2.08. The average Bonchev–Trinajstić information content (AvgIpc) is 2.92. The lowest BCUT2D eigenvalue weighted by atomic mass is 9.97. The molecule has 2 N–H and O–H groups in total. The summed E-state index contributed by atoms with van der Waals surface area (Å²) in [6.07, 6.45) is 15.2. The minimum absolute atomic E-state index is 0.0235. The van der Waals surface area contributed by atoms with Gasteiger partial charge < -0.3 is 19.9 Å². The van der Waals surface area contributed by atoms with Crippen molar-refractivity contribution in [3.8, 4) is 5.75 Å². The molecule has 0 fully saturated rings. The van der Waals surface area contributed by atoms with Gasteiger partial charge in [0.2, 0.25) is 0 Å². The molecule has 40 heavy (non-hydrogen) atoms. The van der Waals surface area contributed by atoms with Crippen LogP contribution in [0, 0.1) is 6.92 Å². The first-order chi connectivity index (χ1) is 19.1. The van der Waals surface area contributed by atoms with E-state index < -0.39 is 12.1 Å². The Kier molecular flexibility index (Phi) is 15.3. The number of esters is 1. The minimum atomic E-state index is -0.618. The molecule has 1 amide bonds. The third-order valence-corrected chi connectivity index (χ3v) is 5.04. The molecule has 0 unspecified atom stereocenters. The van der Waals surface area contributed by atoms with Crippen molar-refractivity contribution < 1.29 is 29.0 Å². The van der Waals surface area contributed by atoms with Crippen LogP contribution in [0.2, 0.25) is 0 Å². The van der Waals surface area contributed by atoms with E-state index in [1.807, 2.05) is 6.92 Å². The van der Waals surface area contributed by atoms with Crippen LogP contribution in [0.15, 0.2) is 107 Å². The predicted octanol–water partition coefficient (Wildman–Crippen LogP) is 6.91. The molecule has 0 spiro atoms.